The molecule has 1 aliphatic heterocycles. The third-order valence-electron chi connectivity index (χ3n) is 6.13. The van der Waals surface area contributed by atoms with Crippen molar-refractivity contribution in [3.8, 4) is 11.1 Å². The van der Waals surface area contributed by atoms with Crippen LogP contribution in [0.3, 0.4) is 0 Å². The average molecular weight is 451 g/mol. The quantitative estimate of drug-likeness (QED) is 0.421. The Morgan fingerprint density at radius 2 is 1.44 bits per heavy atom. The van der Waals surface area contributed by atoms with Crippen molar-refractivity contribution in [3.05, 3.63) is 131 Å². The van der Waals surface area contributed by atoms with Gasteiger partial charge in [0.15, 0.2) is 0 Å². The fraction of sp³-hybridized carbons (Fsp3) is 0.103. The summed E-state index contributed by atoms with van der Waals surface area (Å²) >= 11 is 0. The van der Waals surface area contributed by atoms with Crippen LogP contribution in [0, 0.1) is 5.82 Å². The van der Waals surface area contributed by atoms with Crippen LogP contribution in [-0.4, -0.2) is 16.7 Å². The molecule has 4 aromatic rings. The zero-order valence-corrected chi connectivity index (χ0v) is 18.4. The molecule has 0 saturated heterocycles. The molecule has 0 aliphatic carbocycles. The maximum absolute atomic E-state index is 13.4. The highest BCUT2D eigenvalue weighted by molar-refractivity contribution is 6.04. The van der Waals surface area contributed by atoms with Crippen LogP contribution in [-0.2, 0) is 17.9 Å². The molecule has 0 radical (unpaired) electrons. The standard InChI is InChI=1S/C29H23FN2O2/c30-23-16-14-20(15-17-23)18-31-28(33)27-25-12-6-7-13-26(25)29(34)32(27)19-22-10-4-5-11-24(22)21-8-2-1-3-9-21/h1-17,27H,18-19H2,(H,31,33). The lowest BCUT2D eigenvalue weighted by molar-refractivity contribution is -0.125. The number of benzene rings is 4. The Labute approximate surface area is 197 Å². The molecule has 1 heterocycles. The van der Waals surface area contributed by atoms with E-state index in [2.05, 4.69) is 5.32 Å². The Morgan fingerprint density at radius 3 is 2.21 bits per heavy atom. The number of nitrogens with one attached hydrogen (secondary N) is 1. The van der Waals surface area contributed by atoms with E-state index in [0.29, 0.717) is 17.7 Å². The molecule has 5 heteroatoms. The zero-order valence-electron chi connectivity index (χ0n) is 18.4. The predicted molar refractivity (Wildman–Crippen MR) is 129 cm³/mol. The minimum absolute atomic E-state index is 0.166. The maximum atomic E-state index is 13.4. The number of nitrogens with zero attached hydrogens (tertiary/aromatic N) is 1. The van der Waals surface area contributed by atoms with Gasteiger partial charge in [0.05, 0.1) is 0 Å². The first-order chi connectivity index (χ1) is 16.6. The van der Waals surface area contributed by atoms with E-state index in [-0.39, 0.29) is 24.2 Å². The second-order valence-corrected chi connectivity index (χ2v) is 8.29. The molecule has 1 unspecified atom stereocenters. The highest BCUT2D eigenvalue weighted by atomic mass is 19.1. The van der Waals surface area contributed by atoms with Gasteiger partial charge in [-0.2, -0.15) is 0 Å². The molecule has 2 amide bonds. The fourth-order valence-electron chi connectivity index (χ4n) is 4.45. The Morgan fingerprint density at radius 1 is 0.794 bits per heavy atom. The van der Waals surface area contributed by atoms with Crippen molar-refractivity contribution >= 4 is 11.8 Å². The molecule has 1 N–H and O–H groups in total. The van der Waals surface area contributed by atoms with Crippen LogP contribution in [0.1, 0.15) is 33.1 Å². The highest BCUT2D eigenvalue weighted by Gasteiger charge is 2.40. The Balaban J connectivity index is 1.45. The van der Waals surface area contributed by atoms with Gasteiger partial charge >= 0.3 is 0 Å². The molecule has 4 aromatic carbocycles. The lowest BCUT2D eigenvalue weighted by Gasteiger charge is -2.26. The summed E-state index contributed by atoms with van der Waals surface area (Å²) in [5.41, 5.74) is 5.07. The molecule has 0 saturated carbocycles. The lowest BCUT2D eigenvalue weighted by Crippen LogP contribution is -2.38. The van der Waals surface area contributed by atoms with E-state index >= 15 is 0 Å². The number of fused-ring (bicyclic) bond motifs is 1. The van der Waals surface area contributed by atoms with Gasteiger partial charge in [-0.15, -0.1) is 0 Å². The zero-order chi connectivity index (χ0) is 23.5. The van der Waals surface area contributed by atoms with E-state index in [0.717, 1.165) is 22.3 Å². The number of hydrogen-bond donors (Lipinski definition) is 1. The fourth-order valence-corrected chi connectivity index (χ4v) is 4.45. The molecule has 5 rings (SSSR count). The van der Waals surface area contributed by atoms with E-state index in [4.69, 9.17) is 0 Å². The summed E-state index contributed by atoms with van der Waals surface area (Å²) in [4.78, 5) is 28.4. The third-order valence-corrected chi connectivity index (χ3v) is 6.13. The van der Waals surface area contributed by atoms with Crippen molar-refractivity contribution in [2.24, 2.45) is 0 Å². The summed E-state index contributed by atoms with van der Waals surface area (Å²) in [6.07, 6.45) is 0. The van der Waals surface area contributed by atoms with E-state index in [1.54, 1.807) is 23.1 Å². The monoisotopic (exact) mass is 450 g/mol. The summed E-state index contributed by atoms with van der Waals surface area (Å²) in [6, 6.07) is 30.4. The maximum Gasteiger partial charge on any atom is 0.255 e. The number of carbonyl (C=O) groups excluding carboxylic acids is 2. The molecular weight excluding hydrogens is 427 g/mol. The van der Waals surface area contributed by atoms with Crippen molar-refractivity contribution in [1.82, 2.24) is 10.2 Å². The third kappa shape index (κ3) is 4.20. The Bertz CT molecular complexity index is 1340. The summed E-state index contributed by atoms with van der Waals surface area (Å²) in [6.45, 7) is 0.549. The molecule has 34 heavy (non-hydrogen) atoms. The van der Waals surface area contributed by atoms with Crippen LogP contribution >= 0.6 is 0 Å². The van der Waals surface area contributed by atoms with E-state index in [9.17, 15) is 14.0 Å². The van der Waals surface area contributed by atoms with Gasteiger partial charge in [0, 0.05) is 18.7 Å². The molecule has 4 nitrogen and oxygen atoms in total. The van der Waals surface area contributed by atoms with Gasteiger partial charge in [0.2, 0.25) is 5.91 Å². The molecular formula is C29H23FN2O2. The minimum Gasteiger partial charge on any atom is -0.350 e. The number of hydrogen-bond acceptors (Lipinski definition) is 2. The van der Waals surface area contributed by atoms with Crippen molar-refractivity contribution in [2.75, 3.05) is 0 Å². The molecule has 1 aliphatic rings. The second kappa shape index (κ2) is 9.32. The first kappa shape index (κ1) is 21.6. The van der Waals surface area contributed by atoms with Crippen LogP contribution in [0.15, 0.2) is 103 Å². The van der Waals surface area contributed by atoms with Crippen LogP contribution in [0.25, 0.3) is 11.1 Å². The van der Waals surface area contributed by atoms with Crippen LogP contribution in [0.4, 0.5) is 4.39 Å². The predicted octanol–water partition coefficient (Wildman–Crippen LogP) is 5.51. The molecule has 1 atom stereocenters. The van der Waals surface area contributed by atoms with Gasteiger partial charge in [-0.05, 0) is 46.0 Å². The van der Waals surface area contributed by atoms with Gasteiger partial charge < -0.3 is 10.2 Å². The SMILES string of the molecule is O=C(NCc1ccc(F)cc1)C1c2ccccc2C(=O)N1Cc1ccccc1-c1ccccc1. The molecule has 0 spiro atoms. The smallest absolute Gasteiger partial charge is 0.255 e. The van der Waals surface area contributed by atoms with Gasteiger partial charge in [-0.25, -0.2) is 4.39 Å². The van der Waals surface area contributed by atoms with Gasteiger partial charge in [0.25, 0.3) is 5.91 Å². The van der Waals surface area contributed by atoms with Gasteiger partial charge in [-0.1, -0.05) is 84.9 Å². The number of carbonyl (C=O) groups is 2. The van der Waals surface area contributed by atoms with Gasteiger partial charge in [-0.3, -0.25) is 9.59 Å². The van der Waals surface area contributed by atoms with E-state index in [1.807, 2.05) is 72.8 Å². The van der Waals surface area contributed by atoms with Crippen LogP contribution in [0.5, 0.6) is 0 Å². The Kier molecular flexibility index (Phi) is 5.91. The summed E-state index contributed by atoms with van der Waals surface area (Å²) < 4.78 is 13.2. The van der Waals surface area contributed by atoms with Crippen LogP contribution in [0.2, 0.25) is 0 Å². The van der Waals surface area contributed by atoms with E-state index < -0.39 is 6.04 Å². The topological polar surface area (TPSA) is 49.4 Å². The largest absolute Gasteiger partial charge is 0.350 e. The first-order valence-corrected chi connectivity index (χ1v) is 11.2. The highest BCUT2D eigenvalue weighted by Crippen LogP contribution is 2.36. The number of halogens is 1. The number of amides is 2. The van der Waals surface area contributed by atoms with Crippen molar-refractivity contribution < 1.29 is 14.0 Å². The molecule has 0 aromatic heterocycles. The second-order valence-electron chi connectivity index (χ2n) is 8.29. The molecule has 0 bridgehead atoms. The first-order valence-electron chi connectivity index (χ1n) is 11.2. The number of rotatable bonds is 6. The van der Waals surface area contributed by atoms with E-state index in [1.165, 1.54) is 12.1 Å². The molecule has 168 valence electrons. The lowest BCUT2D eigenvalue weighted by atomic mass is 9.99. The van der Waals surface area contributed by atoms with Crippen LogP contribution < -0.4 is 5.32 Å². The summed E-state index contributed by atoms with van der Waals surface area (Å²) in [5, 5.41) is 2.93. The summed E-state index contributed by atoms with van der Waals surface area (Å²) in [5.74, 6) is -0.756. The normalized spacial score (nSPS) is 14.7. The summed E-state index contributed by atoms with van der Waals surface area (Å²) in [7, 11) is 0. The molecule has 0 fully saturated rings. The van der Waals surface area contributed by atoms with Gasteiger partial charge in [0.1, 0.15) is 11.9 Å². The average Bonchev–Trinajstić information content (AvgIpc) is 3.16. The van der Waals surface area contributed by atoms with Crippen molar-refractivity contribution in [3.63, 3.8) is 0 Å². The Hall–Kier alpha value is -4.25. The minimum atomic E-state index is -0.743. The van der Waals surface area contributed by atoms with Crippen molar-refractivity contribution in [1.29, 1.82) is 0 Å². The van der Waals surface area contributed by atoms with Crippen molar-refractivity contribution in [2.45, 2.75) is 19.1 Å².